The van der Waals surface area contributed by atoms with Gasteiger partial charge < -0.3 is 5.11 Å². The Morgan fingerprint density at radius 1 is 1.31 bits per heavy atom. The van der Waals surface area contributed by atoms with Gasteiger partial charge in [0.15, 0.2) is 0 Å². The largest absolute Gasteiger partial charge is 0.472 e. The molecule has 0 saturated heterocycles. The molecule has 2 rings (SSSR count). The molecular weight excluding hydrogens is 204 g/mol. The van der Waals surface area contributed by atoms with E-state index in [-0.39, 0.29) is 0 Å². The molecule has 1 N–H and O–H groups in total. The van der Waals surface area contributed by atoms with Crippen molar-refractivity contribution in [2.24, 2.45) is 0 Å². The van der Waals surface area contributed by atoms with E-state index < -0.39 is 5.97 Å². The molecule has 4 nitrogen and oxygen atoms in total. The summed E-state index contributed by atoms with van der Waals surface area (Å²) < 4.78 is 1.64. The van der Waals surface area contributed by atoms with Crippen LogP contribution in [0.25, 0.3) is 5.69 Å². The summed E-state index contributed by atoms with van der Waals surface area (Å²) in [5.41, 5.74) is 1.48. The number of aromatic nitrogens is 2. The highest BCUT2D eigenvalue weighted by Crippen LogP contribution is 2.06. The van der Waals surface area contributed by atoms with Gasteiger partial charge in [-0.25, -0.2) is 9.48 Å². The minimum atomic E-state index is -1.15. The average Bonchev–Trinajstić information content (AvgIpc) is 2.76. The average molecular weight is 212 g/mol. The van der Waals surface area contributed by atoms with E-state index in [9.17, 15) is 4.79 Å². The fraction of sp³-hybridized carbons (Fsp3) is 0. The highest BCUT2D eigenvalue weighted by atomic mass is 16.4. The van der Waals surface area contributed by atoms with Gasteiger partial charge in [-0.05, 0) is 12.1 Å². The Labute approximate surface area is 92.1 Å². The summed E-state index contributed by atoms with van der Waals surface area (Å²) in [5.74, 6) is 3.40. The molecule has 1 aromatic heterocycles. The topological polar surface area (TPSA) is 55.1 Å². The van der Waals surface area contributed by atoms with Gasteiger partial charge in [-0.3, -0.25) is 0 Å². The standard InChI is InChI=1S/C12H8N2O2/c15-12(16)7-6-10-8-13-14(9-10)11-4-2-1-3-5-11/h1-5,8-9H,(H,15,16). The zero-order valence-corrected chi connectivity index (χ0v) is 8.29. The molecule has 1 aromatic carbocycles. The lowest BCUT2D eigenvalue weighted by atomic mass is 10.3. The van der Waals surface area contributed by atoms with E-state index in [1.165, 1.54) is 6.20 Å². The normalized spacial score (nSPS) is 9.25. The zero-order valence-electron chi connectivity index (χ0n) is 8.29. The van der Waals surface area contributed by atoms with E-state index in [4.69, 9.17) is 5.11 Å². The third-order valence-corrected chi connectivity index (χ3v) is 1.92. The molecule has 16 heavy (non-hydrogen) atoms. The molecule has 0 aliphatic heterocycles. The van der Waals surface area contributed by atoms with Gasteiger partial charge in [-0.2, -0.15) is 5.10 Å². The number of carboxylic acids is 1. The number of hydrogen-bond donors (Lipinski definition) is 1. The van der Waals surface area contributed by atoms with Gasteiger partial charge >= 0.3 is 5.97 Å². The maximum atomic E-state index is 10.2. The molecule has 2 aromatic rings. The number of para-hydroxylation sites is 1. The van der Waals surface area contributed by atoms with E-state index in [0.29, 0.717) is 5.56 Å². The van der Waals surface area contributed by atoms with Gasteiger partial charge in [0.1, 0.15) is 0 Å². The van der Waals surface area contributed by atoms with Crippen molar-refractivity contribution in [1.82, 2.24) is 9.78 Å². The summed E-state index contributed by atoms with van der Waals surface area (Å²) in [7, 11) is 0. The molecule has 1 heterocycles. The zero-order chi connectivity index (χ0) is 11.4. The number of benzene rings is 1. The maximum Gasteiger partial charge on any atom is 0.382 e. The molecule has 0 aliphatic carbocycles. The van der Waals surface area contributed by atoms with Crippen molar-refractivity contribution in [2.45, 2.75) is 0 Å². The summed E-state index contributed by atoms with van der Waals surface area (Å²) in [5, 5.41) is 12.5. The smallest absolute Gasteiger partial charge is 0.382 e. The van der Waals surface area contributed by atoms with E-state index >= 15 is 0 Å². The fourth-order valence-corrected chi connectivity index (χ4v) is 1.23. The summed E-state index contributed by atoms with van der Waals surface area (Å²) in [4.78, 5) is 10.2. The second kappa shape index (κ2) is 4.32. The van der Waals surface area contributed by atoms with E-state index in [0.717, 1.165) is 5.69 Å². The first-order valence-corrected chi connectivity index (χ1v) is 4.61. The number of carboxylic acid groups (broad SMARTS) is 1. The van der Waals surface area contributed by atoms with Crippen LogP contribution in [0.15, 0.2) is 42.7 Å². The van der Waals surface area contributed by atoms with Crippen LogP contribution in [0.4, 0.5) is 0 Å². The first kappa shape index (κ1) is 9.99. The van der Waals surface area contributed by atoms with Crippen LogP contribution in [-0.2, 0) is 4.79 Å². The van der Waals surface area contributed by atoms with Gasteiger partial charge in [0.2, 0.25) is 0 Å². The molecule has 78 valence electrons. The Hall–Kier alpha value is -2.54. The lowest BCUT2D eigenvalue weighted by Crippen LogP contribution is -1.92. The molecule has 0 fully saturated rings. The van der Waals surface area contributed by atoms with Crippen LogP contribution in [0.1, 0.15) is 5.56 Å². The van der Waals surface area contributed by atoms with Crippen LogP contribution in [0.2, 0.25) is 0 Å². The van der Waals surface area contributed by atoms with Crippen molar-refractivity contribution in [2.75, 3.05) is 0 Å². The predicted octanol–water partition coefficient (Wildman–Crippen LogP) is 1.31. The second-order valence-electron chi connectivity index (χ2n) is 3.06. The fourth-order valence-electron chi connectivity index (χ4n) is 1.23. The molecule has 4 heteroatoms. The molecule has 0 atom stereocenters. The van der Waals surface area contributed by atoms with Crippen LogP contribution < -0.4 is 0 Å². The number of aliphatic carboxylic acids is 1. The second-order valence-corrected chi connectivity index (χ2v) is 3.06. The van der Waals surface area contributed by atoms with Crippen molar-refractivity contribution < 1.29 is 9.90 Å². The number of rotatable bonds is 1. The molecule has 0 amide bonds. The van der Waals surface area contributed by atoms with Crippen molar-refractivity contribution in [3.63, 3.8) is 0 Å². The predicted molar refractivity (Wildman–Crippen MR) is 58.1 cm³/mol. The monoisotopic (exact) mass is 212 g/mol. The lowest BCUT2D eigenvalue weighted by Gasteiger charge is -1.97. The number of carbonyl (C=O) groups is 1. The molecule has 0 unspecified atom stereocenters. The highest BCUT2D eigenvalue weighted by molar-refractivity contribution is 5.87. The Bertz CT molecular complexity index is 561. The first-order valence-electron chi connectivity index (χ1n) is 4.61. The van der Waals surface area contributed by atoms with E-state index in [1.807, 2.05) is 36.3 Å². The SMILES string of the molecule is O=C(O)C#Cc1cnn(-c2ccccc2)c1. The van der Waals surface area contributed by atoms with Crippen molar-refractivity contribution >= 4 is 5.97 Å². The quantitative estimate of drug-likeness (QED) is 0.725. The highest BCUT2D eigenvalue weighted by Gasteiger charge is 1.97. The van der Waals surface area contributed by atoms with E-state index in [1.54, 1.807) is 10.9 Å². The summed E-state index contributed by atoms with van der Waals surface area (Å²) in [6, 6.07) is 9.53. The molecule has 0 bridgehead atoms. The molecule has 0 spiro atoms. The van der Waals surface area contributed by atoms with Crippen LogP contribution in [-0.4, -0.2) is 20.9 Å². The minimum absolute atomic E-state index is 0.575. The molecular formula is C12H8N2O2. The Kier molecular flexibility index (Phi) is 2.70. The van der Waals surface area contributed by atoms with E-state index in [2.05, 4.69) is 11.0 Å². The summed E-state index contributed by atoms with van der Waals surface area (Å²) >= 11 is 0. The molecule has 0 aliphatic rings. The van der Waals surface area contributed by atoms with Gasteiger partial charge in [0.25, 0.3) is 0 Å². The van der Waals surface area contributed by atoms with Gasteiger partial charge in [-0.15, -0.1) is 0 Å². The summed E-state index contributed by atoms with van der Waals surface area (Å²) in [6.07, 6.45) is 3.22. The minimum Gasteiger partial charge on any atom is -0.472 e. The first-order chi connectivity index (χ1) is 7.75. The number of hydrogen-bond acceptors (Lipinski definition) is 2. The Balaban J connectivity index is 2.28. The Morgan fingerprint density at radius 2 is 2.06 bits per heavy atom. The van der Waals surface area contributed by atoms with Crippen LogP contribution in [0, 0.1) is 11.8 Å². The van der Waals surface area contributed by atoms with Crippen LogP contribution in [0.3, 0.4) is 0 Å². The van der Waals surface area contributed by atoms with Gasteiger partial charge in [0.05, 0.1) is 17.4 Å². The van der Waals surface area contributed by atoms with Crippen LogP contribution >= 0.6 is 0 Å². The third-order valence-electron chi connectivity index (χ3n) is 1.92. The van der Waals surface area contributed by atoms with Crippen molar-refractivity contribution in [3.05, 3.63) is 48.3 Å². The van der Waals surface area contributed by atoms with Crippen molar-refractivity contribution in [3.8, 4) is 17.5 Å². The number of nitrogens with zero attached hydrogens (tertiary/aromatic N) is 2. The molecule has 0 saturated carbocycles. The van der Waals surface area contributed by atoms with Gasteiger partial charge in [0, 0.05) is 12.1 Å². The summed E-state index contributed by atoms with van der Waals surface area (Å²) in [6.45, 7) is 0. The third kappa shape index (κ3) is 2.28. The van der Waals surface area contributed by atoms with Crippen molar-refractivity contribution in [1.29, 1.82) is 0 Å². The molecule has 0 radical (unpaired) electrons. The maximum absolute atomic E-state index is 10.2. The van der Waals surface area contributed by atoms with Gasteiger partial charge in [-0.1, -0.05) is 24.1 Å². The Morgan fingerprint density at radius 3 is 2.75 bits per heavy atom. The lowest BCUT2D eigenvalue weighted by molar-refractivity contribution is -0.130. The van der Waals surface area contributed by atoms with Crippen LogP contribution in [0.5, 0.6) is 0 Å².